The van der Waals surface area contributed by atoms with Crippen LogP contribution in [0.1, 0.15) is 13.3 Å². The fraction of sp³-hybridized carbons (Fsp3) is 1.00. The lowest BCUT2D eigenvalue weighted by Gasteiger charge is -2.44. The minimum Gasteiger partial charge on any atom is -0.380 e. The van der Waals surface area contributed by atoms with Gasteiger partial charge in [-0.15, -0.1) is 0 Å². The second-order valence-electron chi connectivity index (χ2n) is 6.73. The van der Waals surface area contributed by atoms with E-state index >= 15 is 0 Å². The molecule has 0 aliphatic carbocycles. The van der Waals surface area contributed by atoms with Crippen LogP contribution in [-0.2, 0) is 18.3 Å². The normalized spacial score (nSPS) is 28.5. The van der Waals surface area contributed by atoms with E-state index in [-0.39, 0.29) is 12.2 Å². The highest BCUT2D eigenvalue weighted by molar-refractivity contribution is 6.85. The third-order valence-electron chi connectivity index (χ3n) is 3.88. The Kier molecular flexibility index (Phi) is 5.44. The van der Waals surface area contributed by atoms with Crippen molar-refractivity contribution in [1.82, 2.24) is 4.23 Å². The van der Waals surface area contributed by atoms with Gasteiger partial charge < -0.3 is 22.6 Å². The highest BCUT2D eigenvalue weighted by Gasteiger charge is 2.49. The summed E-state index contributed by atoms with van der Waals surface area (Å²) in [7, 11) is -1.63. The maximum atomic E-state index is 6.36. The van der Waals surface area contributed by atoms with Gasteiger partial charge in [-0.2, -0.15) is 0 Å². The van der Waals surface area contributed by atoms with Crippen LogP contribution in [0.5, 0.6) is 0 Å². The van der Waals surface area contributed by atoms with E-state index in [0.29, 0.717) is 13.2 Å². The van der Waals surface area contributed by atoms with E-state index in [9.17, 15) is 0 Å². The number of ether oxygens (including phenoxy) is 2. The molecule has 0 N–H and O–H groups in total. The largest absolute Gasteiger partial charge is 0.420 e. The third kappa shape index (κ3) is 4.62. The van der Waals surface area contributed by atoms with E-state index in [0.717, 1.165) is 25.7 Å². The number of rotatable bonds is 10. The quantitative estimate of drug-likeness (QED) is 0.455. The summed E-state index contributed by atoms with van der Waals surface area (Å²) in [5.74, 6) is 0. The van der Waals surface area contributed by atoms with Crippen LogP contribution in [0, 0.1) is 0 Å². The molecule has 2 fully saturated rings. The lowest BCUT2D eigenvalue weighted by molar-refractivity contribution is 0.118. The summed E-state index contributed by atoms with van der Waals surface area (Å²) < 4.78 is 25.8. The molecule has 2 atom stereocenters. The lowest BCUT2D eigenvalue weighted by Crippen LogP contribution is -2.65. The van der Waals surface area contributed by atoms with Gasteiger partial charge in [0.15, 0.2) is 0 Å². The molecule has 118 valence electrons. The molecule has 0 aromatic rings. The molecule has 5 nitrogen and oxygen atoms in total. The van der Waals surface area contributed by atoms with Crippen molar-refractivity contribution in [1.29, 1.82) is 0 Å². The molecule has 0 spiro atoms. The van der Waals surface area contributed by atoms with Crippen LogP contribution in [0.15, 0.2) is 0 Å². The van der Waals surface area contributed by atoms with Crippen molar-refractivity contribution < 1.29 is 18.3 Å². The Morgan fingerprint density at radius 2 is 1.50 bits per heavy atom. The lowest BCUT2D eigenvalue weighted by atomic mass is 10.5. The first kappa shape index (κ1) is 16.6. The van der Waals surface area contributed by atoms with Gasteiger partial charge in [0.2, 0.25) is 0 Å². The molecule has 2 rings (SSSR count). The smallest absolute Gasteiger partial charge is 0.380 e. The standard InChI is InChI=1S/C13H29NO4Si2/c1-6-7-20(14(2)19(3,4)5,17-10-12-8-15-12)18-11-13-9-16-13/h12-13H,6-11H2,1-5H3. The van der Waals surface area contributed by atoms with Crippen LogP contribution in [0.4, 0.5) is 0 Å². The maximum Gasteiger partial charge on any atom is 0.420 e. The number of hydrogen-bond acceptors (Lipinski definition) is 5. The molecule has 0 saturated carbocycles. The van der Waals surface area contributed by atoms with Crippen molar-refractivity contribution in [3.63, 3.8) is 0 Å². The van der Waals surface area contributed by atoms with Gasteiger partial charge in [0.05, 0.1) is 26.4 Å². The SMILES string of the molecule is CCC[Si](OCC1CO1)(OCC1CO1)N(C)[Si](C)(C)C. The van der Waals surface area contributed by atoms with E-state index in [1.165, 1.54) is 0 Å². The Hall–Kier alpha value is 0.234. The average Bonchev–Trinajstić information content (AvgIpc) is 3.26. The predicted octanol–water partition coefficient (Wildman–Crippen LogP) is 1.93. The molecule has 2 heterocycles. The Labute approximate surface area is 124 Å². The zero-order valence-corrected chi connectivity index (χ0v) is 15.5. The zero-order valence-electron chi connectivity index (χ0n) is 13.5. The first-order valence-corrected chi connectivity index (χ1v) is 13.0. The van der Waals surface area contributed by atoms with Gasteiger partial charge in [0.1, 0.15) is 20.4 Å². The molecule has 2 aliphatic rings. The molecule has 2 unspecified atom stereocenters. The van der Waals surface area contributed by atoms with E-state index in [1.54, 1.807) is 0 Å². The third-order valence-corrected chi connectivity index (χ3v) is 12.3. The average molecular weight is 320 g/mol. The van der Waals surface area contributed by atoms with Crippen LogP contribution in [0.3, 0.4) is 0 Å². The second-order valence-corrected chi connectivity index (χ2v) is 15.4. The van der Waals surface area contributed by atoms with Crippen molar-refractivity contribution in [2.75, 3.05) is 33.5 Å². The van der Waals surface area contributed by atoms with Gasteiger partial charge in [0.25, 0.3) is 0 Å². The molecule has 0 aromatic heterocycles. The summed E-state index contributed by atoms with van der Waals surface area (Å²) in [6, 6.07) is 1.01. The van der Waals surface area contributed by atoms with Crippen LogP contribution < -0.4 is 0 Å². The Morgan fingerprint density at radius 3 is 1.80 bits per heavy atom. The number of epoxide rings is 2. The monoisotopic (exact) mass is 319 g/mol. The number of nitrogens with zero attached hydrogens (tertiary/aromatic N) is 1. The minimum absolute atomic E-state index is 0.287. The van der Waals surface area contributed by atoms with Crippen molar-refractivity contribution in [2.24, 2.45) is 0 Å². The molecule has 0 bridgehead atoms. The highest BCUT2D eigenvalue weighted by atomic mass is 28.4. The Morgan fingerprint density at radius 1 is 1.05 bits per heavy atom. The molecule has 20 heavy (non-hydrogen) atoms. The summed E-state index contributed by atoms with van der Waals surface area (Å²) in [5.41, 5.74) is 0. The number of hydrogen-bond donors (Lipinski definition) is 0. The fourth-order valence-electron chi connectivity index (χ4n) is 2.15. The van der Waals surface area contributed by atoms with Gasteiger partial charge in [-0.3, -0.25) is 0 Å². The topological polar surface area (TPSA) is 46.8 Å². The Bertz CT molecular complexity index is 300. The van der Waals surface area contributed by atoms with Gasteiger partial charge >= 0.3 is 8.72 Å². The van der Waals surface area contributed by atoms with E-state index in [1.807, 2.05) is 0 Å². The van der Waals surface area contributed by atoms with E-state index in [2.05, 4.69) is 37.8 Å². The van der Waals surface area contributed by atoms with Gasteiger partial charge in [-0.25, -0.2) is 0 Å². The first-order chi connectivity index (χ1) is 9.37. The Balaban J connectivity index is 2.05. The van der Waals surface area contributed by atoms with Crippen LogP contribution in [-0.4, -0.2) is 66.9 Å². The summed E-state index contributed by atoms with van der Waals surface area (Å²) >= 11 is 0. The molecule has 2 saturated heterocycles. The van der Waals surface area contributed by atoms with Crippen molar-refractivity contribution >= 4 is 17.0 Å². The highest BCUT2D eigenvalue weighted by Crippen LogP contribution is 2.28. The second kappa shape index (κ2) is 6.55. The maximum absolute atomic E-state index is 6.36. The van der Waals surface area contributed by atoms with Gasteiger partial charge in [-0.1, -0.05) is 33.0 Å². The minimum atomic E-state index is -2.34. The van der Waals surface area contributed by atoms with Crippen molar-refractivity contribution in [2.45, 2.75) is 51.2 Å². The summed E-state index contributed by atoms with van der Waals surface area (Å²) in [6.45, 7) is 12.3. The molecular formula is C13H29NO4Si2. The fourth-order valence-corrected chi connectivity index (χ4v) is 9.58. The predicted molar refractivity (Wildman–Crippen MR) is 83.3 cm³/mol. The summed E-state index contributed by atoms with van der Waals surface area (Å²) in [5, 5.41) is 0. The summed E-state index contributed by atoms with van der Waals surface area (Å²) in [4.78, 5) is 0. The molecule has 0 amide bonds. The molecule has 2 aliphatic heterocycles. The zero-order chi connectivity index (χ0) is 14.8. The molecular weight excluding hydrogens is 290 g/mol. The van der Waals surface area contributed by atoms with Crippen LogP contribution in [0.2, 0.25) is 25.7 Å². The van der Waals surface area contributed by atoms with E-state index < -0.39 is 17.0 Å². The van der Waals surface area contributed by atoms with Gasteiger partial charge in [0, 0.05) is 6.04 Å². The van der Waals surface area contributed by atoms with Crippen LogP contribution >= 0.6 is 0 Å². The van der Waals surface area contributed by atoms with Crippen molar-refractivity contribution in [3.05, 3.63) is 0 Å². The molecule has 0 radical (unpaired) electrons. The first-order valence-electron chi connectivity index (χ1n) is 7.62. The van der Waals surface area contributed by atoms with E-state index in [4.69, 9.17) is 18.3 Å². The molecule has 0 aromatic carbocycles. The van der Waals surface area contributed by atoms with Crippen LogP contribution in [0.25, 0.3) is 0 Å². The molecule has 7 heteroatoms. The van der Waals surface area contributed by atoms with Gasteiger partial charge in [-0.05, 0) is 7.05 Å². The van der Waals surface area contributed by atoms with Crippen molar-refractivity contribution in [3.8, 4) is 0 Å². The summed E-state index contributed by atoms with van der Waals surface area (Å²) in [6.07, 6.45) is 1.65.